The monoisotopic (exact) mass is 332 g/mol. The van der Waals surface area contributed by atoms with E-state index in [1.807, 2.05) is 19.1 Å². The van der Waals surface area contributed by atoms with Crippen LogP contribution in [-0.2, 0) is 4.79 Å². The summed E-state index contributed by atoms with van der Waals surface area (Å²) in [6.45, 7) is 4.35. The minimum Gasteiger partial charge on any atom is -0.344 e. The van der Waals surface area contributed by atoms with Gasteiger partial charge in [0.25, 0.3) is 0 Å². The molecule has 7 heteroatoms. The molecule has 22 heavy (non-hydrogen) atoms. The second kappa shape index (κ2) is 7.82. The Kier molecular flexibility index (Phi) is 5.81. The number of carbonyl (C=O) groups excluding carboxylic acids is 1. The molecular formula is C15H16N4OS2. The maximum atomic E-state index is 11.5. The highest BCUT2D eigenvalue weighted by Gasteiger charge is 2.08. The number of hydrogen-bond acceptors (Lipinski definition) is 6. The molecule has 0 bridgehead atoms. The average molecular weight is 332 g/mol. The second-order valence-corrected chi connectivity index (χ2v) is 6.79. The first-order chi connectivity index (χ1) is 10.6. The fourth-order valence-corrected chi connectivity index (χ4v) is 3.31. The average Bonchev–Trinajstić information content (AvgIpc) is 2.93. The normalized spacial score (nSPS) is 10.0. The minimum atomic E-state index is -0.109. The molecule has 0 saturated carbocycles. The summed E-state index contributed by atoms with van der Waals surface area (Å²) in [5, 5.41) is 14.7. The number of anilines is 2. The van der Waals surface area contributed by atoms with Gasteiger partial charge in [-0.2, -0.15) is 0 Å². The Labute approximate surface area is 137 Å². The lowest BCUT2D eigenvalue weighted by molar-refractivity contribution is -0.118. The molecule has 0 atom stereocenters. The van der Waals surface area contributed by atoms with Crippen molar-refractivity contribution in [3.63, 3.8) is 0 Å². The fourth-order valence-electron chi connectivity index (χ4n) is 1.72. The number of thioether (sulfide) groups is 1. The molecule has 0 radical (unpaired) electrons. The number of terminal acetylenes is 1. The van der Waals surface area contributed by atoms with Gasteiger partial charge in [-0.3, -0.25) is 4.79 Å². The zero-order valence-corrected chi connectivity index (χ0v) is 14.0. The minimum absolute atomic E-state index is 0.109. The Balaban J connectivity index is 1.91. The van der Waals surface area contributed by atoms with Crippen molar-refractivity contribution in [1.82, 2.24) is 15.5 Å². The summed E-state index contributed by atoms with van der Waals surface area (Å²) in [6, 6.07) is 6.17. The van der Waals surface area contributed by atoms with Gasteiger partial charge in [-0.1, -0.05) is 46.7 Å². The van der Waals surface area contributed by atoms with E-state index in [-0.39, 0.29) is 18.2 Å². The summed E-state index contributed by atoms with van der Waals surface area (Å²) in [6.07, 6.45) is 5.08. The van der Waals surface area contributed by atoms with Crippen molar-refractivity contribution in [2.75, 3.05) is 17.6 Å². The van der Waals surface area contributed by atoms with Crippen molar-refractivity contribution in [1.29, 1.82) is 0 Å². The Bertz CT molecular complexity index is 706. The van der Waals surface area contributed by atoms with Crippen LogP contribution >= 0.6 is 23.1 Å². The van der Waals surface area contributed by atoms with E-state index < -0.39 is 0 Å². The van der Waals surface area contributed by atoms with Crippen molar-refractivity contribution in [2.24, 2.45) is 0 Å². The van der Waals surface area contributed by atoms with E-state index in [2.05, 4.69) is 39.7 Å². The molecular weight excluding hydrogens is 316 g/mol. The molecule has 0 saturated heterocycles. The molecule has 1 amide bonds. The molecule has 5 nitrogen and oxygen atoms in total. The van der Waals surface area contributed by atoms with Crippen LogP contribution < -0.4 is 10.6 Å². The number of carbonyl (C=O) groups is 1. The van der Waals surface area contributed by atoms with Crippen LogP contribution in [0.3, 0.4) is 0 Å². The molecule has 2 rings (SSSR count). The molecule has 0 spiro atoms. The molecule has 0 unspecified atom stereocenters. The quantitative estimate of drug-likeness (QED) is 0.629. The molecule has 0 fully saturated rings. The molecule has 1 aromatic heterocycles. The summed E-state index contributed by atoms with van der Waals surface area (Å²) < 4.78 is 0.739. The van der Waals surface area contributed by atoms with Crippen LogP contribution in [0.4, 0.5) is 10.8 Å². The Morgan fingerprint density at radius 3 is 2.95 bits per heavy atom. The van der Waals surface area contributed by atoms with E-state index >= 15 is 0 Å². The topological polar surface area (TPSA) is 66.9 Å². The molecule has 0 aliphatic heterocycles. The summed E-state index contributed by atoms with van der Waals surface area (Å²) in [4.78, 5) is 11.5. The number of benzene rings is 1. The van der Waals surface area contributed by atoms with Crippen LogP contribution in [0.25, 0.3) is 0 Å². The van der Waals surface area contributed by atoms with Gasteiger partial charge in [0.1, 0.15) is 0 Å². The highest BCUT2D eigenvalue weighted by Crippen LogP contribution is 2.28. The van der Waals surface area contributed by atoms with E-state index in [9.17, 15) is 4.79 Å². The van der Waals surface area contributed by atoms with E-state index in [1.165, 1.54) is 28.7 Å². The lowest BCUT2D eigenvalue weighted by Gasteiger charge is -2.06. The van der Waals surface area contributed by atoms with Crippen molar-refractivity contribution in [3.8, 4) is 12.3 Å². The first-order valence-corrected chi connectivity index (χ1v) is 8.39. The van der Waals surface area contributed by atoms with Gasteiger partial charge in [0.05, 0.1) is 12.3 Å². The molecule has 0 aliphatic rings. The van der Waals surface area contributed by atoms with E-state index in [0.717, 1.165) is 15.6 Å². The third-order valence-corrected chi connectivity index (χ3v) is 4.72. The maximum Gasteiger partial charge on any atom is 0.231 e. The van der Waals surface area contributed by atoms with Gasteiger partial charge >= 0.3 is 0 Å². The predicted octanol–water partition coefficient (Wildman–Crippen LogP) is 2.74. The Morgan fingerprint density at radius 2 is 2.23 bits per heavy atom. The third-order valence-electron chi connectivity index (χ3n) is 2.74. The number of rotatable bonds is 6. The van der Waals surface area contributed by atoms with E-state index in [4.69, 9.17) is 6.42 Å². The first-order valence-electron chi connectivity index (χ1n) is 6.59. The van der Waals surface area contributed by atoms with Crippen LogP contribution in [0.15, 0.2) is 22.5 Å². The van der Waals surface area contributed by atoms with Crippen LogP contribution in [0.2, 0.25) is 0 Å². The molecule has 0 aliphatic carbocycles. The molecule has 114 valence electrons. The highest BCUT2D eigenvalue weighted by atomic mass is 32.2. The smallest absolute Gasteiger partial charge is 0.231 e. The van der Waals surface area contributed by atoms with Crippen molar-refractivity contribution in [3.05, 3.63) is 29.3 Å². The fraction of sp³-hybridized carbons (Fsp3) is 0.267. The van der Waals surface area contributed by atoms with Crippen molar-refractivity contribution in [2.45, 2.75) is 18.2 Å². The number of nitrogens with one attached hydrogen (secondary N) is 2. The number of aryl methyl sites for hydroxylation is 2. The standard InChI is InChI=1S/C15H16N4OS2/c1-4-7-16-13(20)9-21-15-19-18-14(22-15)17-12-6-5-10(2)8-11(12)3/h1,5-6,8H,7,9H2,2-3H3,(H,16,20)(H,17,18). The number of nitrogens with zero attached hydrogens (tertiary/aromatic N) is 2. The number of amides is 1. The SMILES string of the molecule is C#CCNC(=O)CSc1nnc(Nc2ccc(C)cc2C)s1. The van der Waals surface area contributed by atoms with E-state index in [1.54, 1.807) is 0 Å². The largest absolute Gasteiger partial charge is 0.344 e. The molecule has 2 N–H and O–H groups in total. The maximum absolute atomic E-state index is 11.5. The van der Waals surface area contributed by atoms with Gasteiger partial charge in [-0.05, 0) is 25.5 Å². The van der Waals surface area contributed by atoms with Crippen LogP contribution in [0.5, 0.6) is 0 Å². The number of hydrogen-bond donors (Lipinski definition) is 2. The van der Waals surface area contributed by atoms with Gasteiger partial charge in [0, 0.05) is 5.69 Å². The molecule has 1 aromatic carbocycles. The second-order valence-electron chi connectivity index (χ2n) is 4.59. The van der Waals surface area contributed by atoms with Crippen molar-refractivity contribution >= 4 is 39.8 Å². The van der Waals surface area contributed by atoms with E-state index in [0.29, 0.717) is 5.13 Å². The highest BCUT2D eigenvalue weighted by molar-refractivity contribution is 8.01. The van der Waals surface area contributed by atoms with Gasteiger partial charge in [0.15, 0.2) is 4.34 Å². The van der Waals surface area contributed by atoms with Crippen molar-refractivity contribution < 1.29 is 4.79 Å². The number of aromatic nitrogens is 2. The van der Waals surface area contributed by atoms with Crippen LogP contribution in [0, 0.1) is 26.2 Å². The van der Waals surface area contributed by atoms with Gasteiger partial charge in [-0.15, -0.1) is 16.6 Å². The summed E-state index contributed by atoms with van der Waals surface area (Å²) in [5.74, 6) is 2.53. The summed E-state index contributed by atoms with van der Waals surface area (Å²) in [7, 11) is 0. The molecule has 1 heterocycles. The first kappa shape index (κ1) is 16.3. The van der Waals surface area contributed by atoms with Gasteiger partial charge < -0.3 is 10.6 Å². The lowest BCUT2D eigenvalue weighted by Crippen LogP contribution is -2.25. The summed E-state index contributed by atoms with van der Waals surface area (Å²) in [5.41, 5.74) is 3.37. The Hall–Kier alpha value is -2.04. The zero-order valence-electron chi connectivity index (χ0n) is 12.3. The van der Waals surface area contributed by atoms with Gasteiger partial charge in [0.2, 0.25) is 11.0 Å². The lowest BCUT2D eigenvalue weighted by atomic mass is 10.1. The van der Waals surface area contributed by atoms with Gasteiger partial charge in [-0.25, -0.2) is 0 Å². The van der Waals surface area contributed by atoms with Crippen LogP contribution in [0.1, 0.15) is 11.1 Å². The summed E-state index contributed by atoms with van der Waals surface area (Å²) >= 11 is 2.76. The molecule has 2 aromatic rings. The third kappa shape index (κ3) is 4.76. The van der Waals surface area contributed by atoms with Crippen LogP contribution in [-0.4, -0.2) is 28.4 Å². The zero-order chi connectivity index (χ0) is 15.9. The Morgan fingerprint density at radius 1 is 1.41 bits per heavy atom. The predicted molar refractivity (Wildman–Crippen MR) is 91.7 cm³/mol.